The number of ether oxygens (including phenoxy) is 1. The summed E-state index contributed by atoms with van der Waals surface area (Å²) in [6, 6.07) is 25.2. The van der Waals surface area contributed by atoms with Gasteiger partial charge in [0.1, 0.15) is 24.9 Å². The Morgan fingerprint density at radius 3 is 2.31 bits per heavy atom. The first-order valence-electron chi connectivity index (χ1n) is 11.9. The zero-order chi connectivity index (χ0) is 24.9. The Balaban J connectivity index is 1.35. The van der Waals surface area contributed by atoms with Crippen LogP contribution in [0.5, 0.6) is 0 Å². The molecule has 7 nitrogen and oxygen atoms in total. The quantitative estimate of drug-likeness (QED) is 0.500. The number of rotatable bonds is 4. The number of anilines is 1. The van der Waals surface area contributed by atoms with Crippen LogP contribution >= 0.6 is 15.9 Å². The topological polar surface area (TPSA) is 79.0 Å². The summed E-state index contributed by atoms with van der Waals surface area (Å²) in [7, 11) is 0. The minimum atomic E-state index is -0.783. The third-order valence-electron chi connectivity index (χ3n) is 7.21. The molecule has 2 saturated heterocycles. The van der Waals surface area contributed by atoms with Crippen molar-refractivity contribution in [1.29, 1.82) is 0 Å². The molecule has 3 aliphatic heterocycles. The summed E-state index contributed by atoms with van der Waals surface area (Å²) < 4.78 is 4.93. The molecule has 3 aromatic rings. The Kier molecular flexibility index (Phi) is 5.56. The van der Waals surface area contributed by atoms with E-state index in [4.69, 9.17) is 4.74 Å². The summed E-state index contributed by atoms with van der Waals surface area (Å²) >= 11 is 3.88. The highest BCUT2D eigenvalue weighted by Crippen LogP contribution is 2.58. The van der Waals surface area contributed by atoms with Crippen molar-refractivity contribution in [3.63, 3.8) is 0 Å². The summed E-state index contributed by atoms with van der Waals surface area (Å²) in [5.74, 6) is -0.415. The van der Waals surface area contributed by atoms with Crippen molar-refractivity contribution in [2.45, 2.75) is 42.0 Å². The van der Waals surface area contributed by atoms with E-state index in [0.717, 1.165) is 16.7 Å². The number of piperazine rings is 1. The normalized spacial score (nSPS) is 26.2. The van der Waals surface area contributed by atoms with Crippen molar-refractivity contribution in [2.24, 2.45) is 0 Å². The number of halogens is 1. The lowest BCUT2D eigenvalue weighted by Gasteiger charge is -2.40. The second-order valence-corrected chi connectivity index (χ2v) is 10.8. The molecule has 36 heavy (non-hydrogen) atoms. The molecule has 3 amide bonds. The molecule has 3 heterocycles. The number of para-hydroxylation sites is 1. The van der Waals surface area contributed by atoms with E-state index < -0.39 is 28.7 Å². The Morgan fingerprint density at radius 2 is 1.58 bits per heavy atom. The van der Waals surface area contributed by atoms with Gasteiger partial charge in [0.05, 0.1) is 10.0 Å². The molecule has 3 aromatic carbocycles. The zero-order valence-corrected chi connectivity index (χ0v) is 20.9. The summed E-state index contributed by atoms with van der Waals surface area (Å²) in [5.41, 5.74) is 3.35. The lowest BCUT2D eigenvalue weighted by molar-refractivity contribution is -0.149. The molecular formula is C28H24BrN3O4. The standard InChI is InChI=1S/C28H24BrN3O4/c29-28-16-23-24(33)30-21(15-18-9-3-1-4-10-18)25(34)31(23)26(28)32(22-14-8-7-13-20(22)28)27(35)36-17-19-11-5-2-6-12-19/h1-14,21,23,26H,15-17H2,(H,30,33)/t21-,23+,26+,28+/m1/s1. The number of amides is 3. The zero-order valence-electron chi connectivity index (χ0n) is 19.3. The van der Waals surface area contributed by atoms with Gasteiger partial charge in [-0.1, -0.05) is 94.8 Å². The van der Waals surface area contributed by atoms with Gasteiger partial charge in [-0.3, -0.25) is 14.5 Å². The van der Waals surface area contributed by atoms with Crippen molar-refractivity contribution in [1.82, 2.24) is 10.2 Å². The third kappa shape index (κ3) is 3.59. The van der Waals surface area contributed by atoms with Crippen LogP contribution in [0.15, 0.2) is 84.9 Å². The molecule has 3 aliphatic rings. The number of benzene rings is 3. The maximum Gasteiger partial charge on any atom is 0.416 e. The third-order valence-corrected chi connectivity index (χ3v) is 8.37. The predicted molar refractivity (Wildman–Crippen MR) is 137 cm³/mol. The van der Waals surface area contributed by atoms with Crippen LogP contribution in [0.25, 0.3) is 0 Å². The SMILES string of the molecule is O=C1N[C@H](Cc2ccccc2)C(=O)N2[C@H]3N(C(=O)OCc4ccccc4)c4ccccc4[C@@]3(Br)C[C@@H]12. The Hall–Kier alpha value is -3.65. The van der Waals surface area contributed by atoms with E-state index in [-0.39, 0.29) is 18.4 Å². The molecule has 0 aliphatic carbocycles. The van der Waals surface area contributed by atoms with E-state index in [2.05, 4.69) is 21.2 Å². The highest BCUT2D eigenvalue weighted by molar-refractivity contribution is 9.09. The van der Waals surface area contributed by atoms with E-state index in [0.29, 0.717) is 18.5 Å². The first-order valence-corrected chi connectivity index (χ1v) is 12.7. The maximum atomic E-state index is 13.9. The van der Waals surface area contributed by atoms with Crippen molar-refractivity contribution in [3.8, 4) is 0 Å². The average molecular weight is 546 g/mol. The fourth-order valence-electron chi connectivity index (χ4n) is 5.60. The summed E-state index contributed by atoms with van der Waals surface area (Å²) in [5, 5.41) is 2.92. The Bertz CT molecular complexity index is 1330. The molecule has 182 valence electrons. The summed E-state index contributed by atoms with van der Waals surface area (Å²) in [6.07, 6.45) is -0.550. The van der Waals surface area contributed by atoms with E-state index in [9.17, 15) is 14.4 Å². The van der Waals surface area contributed by atoms with Gasteiger partial charge in [-0.25, -0.2) is 4.79 Å². The Morgan fingerprint density at radius 1 is 0.944 bits per heavy atom. The van der Waals surface area contributed by atoms with Crippen LogP contribution in [0.4, 0.5) is 10.5 Å². The van der Waals surface area contributed by atoms with Gasteiger partial charge in [0, 0.05) is 12.8 Å². The first-order chi connectivity index (χ1) is 17.5. The summed E-state index contributed by atoms with van der Waals surface area (Å²) in [6.45, 7) is 0.106. The van der Waals surface area contributed by atoms with Gasteiger partial charge >= 0.3 is 6.09 Å². The van der Waals surface area contributed by atoms with Gasteiger partial charge in [0.15, 0.2) is 0 Å². The minimum absolute atomic E-state index is 0.106. The second kappa shape index (κ2) is 8.78. The van der Waals surface area contributed by atoms with Gasteiger partial charge in [-0.15, -0.1) is 0 Å². The smallest absolute Gasteiger partial charge is 0.416 e. The molecule has 0 radical (unpaired) electrons. The molecule has 0 spiro atoms. The Labute approximate surface area is 217 Å². The van der Waals surface area contributed by atoms with Crippen molar-refractivity contribution < 1.29 is 19.1 Å². The molecule has 4 atom stereocenters. The van der Waals surface area contributed by atoms with Gasteiger partial charge in [0.25, 0.3) is 0 Å². The lowest BCUT2D eigenvalue weighted by Crippen LogP contribution is -2.66. The van der Waals surface area contributed by atoms with Crippen LogP contribution in [0.2, 0.25) is 0 Å². The van der Waals surface area contributed by atoms with Gasteiger partial charge in [-0.2, -0.15) is 0 Å². The average Bonchev–Trinajstić information content (AvgIpc) is 3.35. The van der Waals surface area contributed by atoms with Gasteiger partial charge in [0.2, 0.25) is 11.8 Å². The largest absolute Gasteiger partial charge is 0.444 e. The van der Waals surface area contributed by atoms with Crippen molar-refractivity contribution >= 4 is 39.5 Å². The van der Waals surface area contributed by atoms with Gasteiger partial charge in [-0.05, 0) is 22.8 Å². The summed E-state index contributed by atoms with van der Waals surface area (Å²) in [4.78, 5) is 43.8. The molecule has 6 rings (SSSR count). The number of alkyl halides is 1. The second-order valence-electron chi connectivity index (χ2n) is 9.38. The number of carbonyl (C=O) groups is 3. The highest BCUT2D eigenvalue weighted by atomic mass is 79.9. The van der Waals surface area contributed by atoms with Crippen LogP contribution in [-0.4, -0.2) is 41.1 Å². The number of carbonyl (C=O) groups excluding carboxylic acids is 3. The number of fused-ring (bicyclic) bond motifs is 5. The van der Waals surface area contributed by atoms with Crippen molar-refractivity contribution in [2.75, 3.05) is 4.90 Å². The molecule has 0 aromatic heterocycles. The molecule has 1 N–H and O–H groups in total. The number of nitrogens with one attached hydrogen (secondary N) is 1. The highest BCUT2D eigenvalue weighted by Gasteiger charge is 2.66. The maximum absolute atomic E-state index is 13.9. The number of hydrogen-bond acceptors (Lipinski definition) is 4. The lowest BCUT2D eigenvalue weighted by atomic mass is 9.95. The van der Waals surface area contributed by atoms with Gasteiger partial charge < -0.3 is 15.0 Å². The number of nitrogens with zero attached hydrogens (tertiary/aromatic N) is 2. The minimum Gasteiger partial charge on any atom is -0.444 e. The van der Waals surface area contributed by atoms with Crippen LogP contribution in [0.1, 0.15) is 23.1 Å². The van der Waals surface area contributed by atoms with Crippen molar-refractivity contribution in [3.05, 3.63) is 102 Å². The van der Waals surface area contributed by atoms with Crippen LogP contribution in [0.3, 0.4) is 0 Å². The van der Waals surface area contributed by atoms with E-state index >= 15 is 0 Å². The van der Waals surface area contributed by atoms with E-state index in [1.807, 2.05) is 84.9 Å². The fourth-order valence-corrected chi connectivity index (χ4v) is 6.67. The molecular weight excluding hydrogens is 522 g/mol. The molecule has 0 saturated carbocycles. The molecule has 0 unspecified atom stereocenters. The molecule has 8 heteroatoms. The van der Waals surface area contributed by atoms with E-state index in [1.165, 1.54) is 4.90 Å². The van der Waals surface area contributed by atoms with Crippen LogP contribution < -0.4 is 10.2 Å². The van der Waals surface area contributed by atoms with Crippen LogP contribution in [0, 0.1) is 0 Å². The molecule has 0 bridgehead atoms. The predicted octanol–water partition coefficient (Wildman–Crippen LogP) is 4.10. The molecule has 2 fully saturated rings. The monoisotopic (exact) mass is 545 g/mol. The number of hydrogen-bond donors (Lipinski definition) is 1. The fraction of sp³-hybridized carbons (Fsp3) is 0.250. The van der Waals surface area contributed by atoms with E-state index in [1.54, 1.807) is 4.90 Å². The first kappa shape index (κ1) is 22.8. The van der Waals surface area contributed by atoms with Crippen LogP contribution in [-0.2, 0) is 31.7 Å².